The number of para-hydroxylation sites is 1. The Balaban J connectivity index is 1.46. The molecule has 3 atom stereocenters. The minimum Gasteiger partial charge on any atom is -0.488 e. The first-order valence-electron chi connectivity index (χ1n) is 14.1. The summed E-state index contributed by atoms with van der Waals surface area (Å²) in [6.45, 7) is 0. The fourth-order valence-electron chi connectivity index (χ4n) is 5.56. The SMILES string of the molecule is NC(=O)[C@@H](CC1CC(F)(F)C1)[C@@H](CCC(F)(F)F)C(=O)N[C@H]1N=C(c2ccccc2)c2cccc(OC3CC3)c2NC1=O. The van der Waals surface area contributed by atoms with E-state index in [0.717, 1.165) is 12.8 Å². The summed E-state index contributed by atoms with van der Waals surface area (Å²) < 4.78 is 72.6. The summed E-state index contributed by atoms with van der Waals surface area (Å²) in [5.74, 6) is -9.22. The van der Waals surface area contributed by atoms with Gasteiger partial charge in [-0.25, -0.2) is 13.8 Å². The number of rotatable bonds is 11. The average Bonchev–Trinajstić information content (AvgIpc) is 3.75. The lowest BCUT2D eigenvalue weighted by Crippen LogP contribution is -2.49. The van der Waals surface area contributed by atoms with E-state index in [9.17, 15) is 36.3 Å². The van der Waals surface area contributed by atoms with Crippen molar-refractivity contribution in [2.24, 2.45) is 28.5 Å². The van der Waals surface area contributed by atoms with E-state index >= 15 is 0 Å². The first-order valence-corrected chi connectivity index (χ1v) is 14.1. The molecule has 2 saturated carbocycles. The third-order valence-corrected chi connectivity index (χ3v) is 7.87. The van der Waals surface area contributed by atoms with Crippen molar-refractivity contribution in [2.45, 2.75) is 69.3 Å². The summed E-state index contributed by atoms with van der Waals surface area (Å²) in [6, 6.07) is 13.9. The molecule has 5 rings (SSSR count). The van der Waals surface area contributed by atoms with Crippen molar-refractivity contribution in [1.29, 1.82) is 0 Å². The van der Waals surface area contributed by atoms with Crippen LogP contribution in [0.2, 0.25) is 0 Å². The lowest BCUT2D eigenvalue weighted by molar-refractivity contribution is -0.149. The van der Waals surface area contributed by atoms with Gasteiger partial charge >= 0.3 is 6.18 Å². The van der Waals surface area contributed by atoms with E-state index < -0.39 is 79.4 Å². The van der Waals surface area contributed by atoms with Crippen LogP contribution in [0.15, 0.2) is 53.5 Å². The number of nitrogens with one attached hydrogen (secondary N) is 2. The molecule has 13 heteroatoms. The number of aliphatic imine (C=N–C) groups is 1. The van der Waals surface area contributed by atoms with Crippen molar-refractivity contribution < 1.29 is 41.1 Å². The van der Waals surface area contributed by atoms with Gasteiger partial charge in [0.25, 0.3) is 5.91 Å². The highest BCUT2D eigenvalue weighted by Gasteiger charge is 2.48. The van der Waals surface area contributed by atoms with Gasteiger partial charge in [-0.05, 0) is 37.7 Å². The Hall–Kier alpha value is -4.03. The van der Waals surface area contributed by atoms with E-state index in [2.05, 4.69) is 15.6 Å². The van der Waals surface area contributed by atoms with Gasteiger partial charge in [0.1, 0.15) is 5.75 Å². The number of alkyl halides is 5. The summed E-state index contributed by atoms with van der Waals surface area (Å²) in [4.78, 5) is 43.9. The van der Waals surface area contributed by atoms with Crippen LogP contribution in [0.4, 0.5) is 27.6 Å². The number of amides is 3. The summed E-state index contributed by atoms with van der Waals surface area (Å²) in [7, 11) is 0. The second-order valence-corrected chi connectivity index (χ2v) is 11.4. The lowest BCUT2D eigenvalue weighted by Gasteiger charge is -2.38. The molecule has 0 unspecified atom stereocenters. The van der Waals surface area contributed by atoms with E-state index in [4.69, 9.17) is 10.5 Å². The molecule has 0 bridgehead atoms. The normalized spacial score (nSPS) is 21.3. The smallest absolute Gasteiger partial charge is 0.389 e. The summed E-state index contributed by atoms with van der Waals surface area (Å²) in [6.07, 6.45) is -8.18. The molecule has 2 aromatic carbocycles. The molecule has 2 aromatic rings. The molecule has 1 heterocycles. The molecule has 2 aliphatic carbocycles. The number of hydrogen-bond acceptors (Lipinski definition) is 5. The molecule has 0 aromatic heterocycles. The van der Waals surface area contributed by atoms with E-state index in [0.29, 0.717) is 28.3 Å². The Morgan fingerprint density at radius 1 is 1.07 bits per heavy atom. The van der Waals surface area contributed by atoms with Crippen molar-refractivity contribution in [3.8, 4) is 5.75 Å². The van der Waals surface area contributed by atoms with E-state index in [1.807, 2.05) is 0 Å². The number of anilines is 1. The number of nitrogens with zero attached hydrogens (tertiary/aromatic N) is 1. The summed E-state index contributed by atoms with van der Waals surface area (Å²) in [5.41, 5.74) is 7.24. The largest absolute Gasteiger partial charge is 0.488 e. The van der Waals surface area contributed by atoms with Gasteiger partial charge in [-0.3, -0.25) is 14.4 Å². The fraction of sp³-hybridized carbons (Fsp3) is 0.467. The van der Waals surface area contributed by atoms with Crippen molar-refractivity contribution in [2.75, 3.05) is 5.32 Å². The van der Waals surface area contributed by atoms with Crippen LogP contribution in [0.3, 0.4) is 0 Å². The molecule has 43 heavy (non-hydrogen) atoms. The van der Waals surface area contributed by atoms with Gasteiger partial charge in [0, 0.05) is 42.2 Å². The highest BCUT2D eigenvalue weighted by Crippen LogP contribution is 2.46. The van der Waals surface area contributed by atoms with E-state index in [1.54, 1.807) is 48.5 Å². The van der Waals surface area contributed by atoms with E-state index in [1.165, 1.54) is 0 Å². The van der Waals surface area contributed by atoms with E-state index in [-0.39, 0.29) is 12.5 Å². The molecule has 0 saturated heterocycles. The standard InChI is InChI=1S/C30H31F5N4O4/c31-29(32)14-16(15-29)13-21(25(36)40)19(11-12-30(33,34)35)27(41)39-26-28(42)38-24-20(7-4-8-22(24)43-18-9-10-18)23(37-26)17-5-2-1-3-6-17/h1-8,16,18-19,21,26H,9-15H2,(H2,36,40)(H,38,42)(H,39,41)/t19-,21+,26-/m1/s1. The van der Waals surface area contributed by atoms with Crippen LogP contribution in [0.1, 0.15) is 56.1 Å². The number of ether oxygens (including phenoxy) is 1. The zero-order valence-electron chi connectivity index (χ0n) is 23.0. The molecule has 4 N–H and O–H groups in total. The number of hydrogen-bond donors (Lipinski definition) is 3. The number of carbonyl (C=O) groups excluding carboxylic acids is 3. The van der Waals surface area contributed by atoms with Crippen LogP contribution in [-0.4, -0.2) is 47.8 Å². The van der Waals surface area contributed by atoms with Gasteiger partial charge < -0.3 is 21.1 Å². The summed E-state index contributed by atoms with van der Waals surface area (Å²) in [5, 5.41) is 5.15. The number of benzodiazepines with no additional fused rings is 1. The van der Waals surface area contributed by atoms with Crippen LogP contribution < -0.4 is 21.1 Å². The first-order chi connectivity index (χ1) is 20.3. The second kappa shape index (κ2) is 11.9. The van der Waals surface area contributed by atoms with Gasteiger partial charge in [0.2, 0.25) is 23.9 Å². The van der Waals surface area contributed by atoms with Gasteiger partial charge in [-0.15, -0.1) is 0 Å². The van der Waals surface area contributed by atoms with Crippen molar-refractivity contribution >= 4 is 29.1 Å². The number of benzene rings is 2. The predicted molar refractivity (Wildman–Crippen MR) is 146 cm³/mol. The monoisotopic (exact) mass is 606 g/mol. The first kappa shape index (κ1) is 30.4. The Labute approximate surface area is 244 Å². The van der Waals surface area contributed by atoms with Crippen LogP contribution in [0.5, 0.6) is 5.75 Å². The molecule has 1 aliphatic heterocycles. The van der Waals surface area contributed by atoms with Crippen molar-refractivity contribution in [3.63, 3.8) is 0 Å². The maximum Gasteiger partial charge on any atom is 0.389 e. The molecule has 2 fully saturated rings. The number of fused-ring (bicyclic) bond motifs is 1. The third-order valence-electron chi connectivity index (χ3n) is 7.87. The molecule has 0 spiro atoms. The van der Waals surface area contributed by atoms with Gasteiger partial charge in [0.15, 0.2) is 0 Å². The van der Waals surface area contributed by atoms with Crippen LogP contribution in [0, 0.1) is 17.8 Å². The minimum atomic E-state index is -4.66. The molecule has 230 valence electrons. The minimum absolute atomic E-state index is 0.00462. The maximum atomic E-state index is 13.6. The van der Waals surface area contributed by atoms with Crippen LogP contribution in [-0.2, 0) is 14.4 Å². The number of carbonyl (C=O) groups is 3. The van der Waals surface area contributed by atoms with Gasteiger partial charge in [-0.2, -0.15) is 13.2 Å². The van der Waals surface area contributed by atoms with Crippen LogP contribution in [0.25, 0.3) is 0 Å². The van der Waals surface area contributed by atoms with Crippen molar-refractivity contribution in [1.82, 2.24) is 5.32 Å². The second-order valence-electron chi connectivity index (χ2n) is 11.4. The number of nitrogens with two attached hydrogens (primary N) is 1. The number of halogens is 5. The highest BCUT2D eigenvalue weighted by atomic mass is 19.4. The average molecular weight is 607 g/mol. The molecule has 8 nitrogen and oxygen atoms in total. The van der Waals surface area contributed by atoms with Crippen molar-refractivity contribution in [3.05, 3.63) is 59.7 Å². The Kier molecular flexibility index (Phi) is 8.44. The predicted octanol–water partition coefficient (Wildman–Crippen LogP) is 4.96. The summed E-state index contributed by atoms with van der Waals surface area (Å²) >= 11 is 0. The third kappa shape index (κ3) is 7.49. The van der Waals surface area contributed by atoms with Gasteiger partial charge in [-0.1, -0.05) is 42.5 Å². The quantitative estimate of drug-likeness (QED) is 0.313. The molecular formula is C30H31F5N4O4. The topological polar surface area (TPSA) is 123 Å². The number of primary amides is 1. The zero-order chi connectivity index (χ0) is 30.9. The molecule has 0 radical (unpaired) electrons. The highest BCUT2D eigenvalue weighted by molar-refractivity contribution is 6.20. The zero-order valence-corrected chi connectivity index (χ0v) is 23.0. The van der Waals surface area contributed by atoms with Crippen LogP contribution >= 0.6 is 0 Å². The maximum absolute atomic E-state index is 13.6. The molecule has 3 amide bonds. The Bertz CT molecular complexity index is 1400. The fourth-order valence-corrected chi connectivity index (χ4v) is 5.56. The molecular weight excluding hydrogens is 575 g/mol. The Morgan fingerprint density at radius 3 is 2.37 bits per heavy atom. The molecule has 3 aliphatic rings. The van der Waals surface area contributed by atoms with Gasteiger partial charge in [0.05, 0.1) is 17.5 Å². The lowest BCUT2D eigenvalue weighted by atomic mass is 9.72. The Morgan fingerprint density at radius 2 is 1.77 bits per heavy atom.